The number of carbonyl (C=O) groups excluding carboxylic acids is 1. The molecule has 6 heteroatoms. The number of rotatable bonds is 7. The van der Waals surface area contributed by atoms with E-state index in [0.29, 0.717) is 33.9 Å². The van der Waals surface area contributed by atoms with Crippen molar-refractivity contribution in [3.8, 4) is 11.5 Å². The normalized spacial score (nSPS) is 14.6. The van der Waals surface area contributed by atoms with Gasteiger partial charge in [-0.3, -0.25) is 4.79 Å². The third-order valence-corrected chi connectivity index (χ3v) is 5.56. The summed E-state index contributed by atoms with van der Waals surface area (Å²) in [6, 6.07) is 25.5. The maximum Gasteiger partial charge on any atom is 0.263 e. The summed E-state index contributed by atoms with van der Waals surface area (Å²) in [5.41, 5.74) is 2.93. The van der Waals surface area contributed by atoms with Gasteiger partial charge in [-0.15, -0.1) is 0 Å². The molecule has 3 aromatic rings. The van der Waals surface area contributed by atoms with Gasteiger partial charge >= 0.3 is 0 Å². The number of ether oxygens (including phenoxy) is 2. The number of amides is 1. The number of nitrogens with one attached hydrogen (secondary N) is 1. The van der Waals surface area contributed by atoms with Gasteiger partial charge in [-0.2, -0.15) is 0 Å². The van der Waals surface area contributed by atoms with Gasteiger partial charge in [-0.1, -0.05) is 84.6 Å². The molecular formula is C24H19NO3S2. The second-order valence-electron chi connectivity index (χ2n) is 6.60. The highest BCUT2D eigenvalue weighted by Gasteiger charge is 2.22. The maximum atomic E-state index is 12.1. The highest BCUT2D eigenvalue weighted by molar-refractivity contribution is 8.26. The molecule has 1 N–H and O–H groups in total. The minimum atomic E-state index is -0.191. The van der Waals surface area contributed by atoms with Crippen molar-refractivity contribution in [3.05, 3.63) is 100 Å². The van der Waals surface area contributed by atoms with Crippen molar-refractivity contribution in [1.29, 1.82) is 0 Å². The fourth-order valence-corrected chi connectivity index (χ4v) is 3.92. The quantitative estimate of drug-likeness (QED) is 0.403. The lowest BCUT2D eigenvalue weighted by atomic mass is 10.1. The van der Waals surface area contributed by atoms with E-state index in [-0.39, 0.29) is 5.91 Å². The van der Waals surface area contributed by atoms with Crippen molar-refractivity contribution >= 4 is 40.3 Å². The fraction of sp³-hybridized carbons (Fsp3) is 0.0833. The number of benzene rings is 3. The Morgan fingerprint density at radius 1 is 0.867 bits per heavy atom. The highest BCUT2D eigenvalue weighted by atomic mass is 32.2. The smallest absolute Gasteiger partial charge is 0.263 e. The summed E-state index contributed by atoms with van der Waals surface area (Å²) in [7, 11) is 0. The molecule has 1 heterocycles. The average molecular weight is 434 g/mol. The largest absolute Gasteiger partial charge is 0.489 e. The van der Waals surface area contributed by atoms with Gasteiger partial charge < -0.3 is 14.8 Å². The minimum absolute atomic E-state index is 0.191. The summed E-state index contributed by atoms with van der Waals surface area (Å²) in [5.74, 6) is 1.15. The molecule has 0 atom stereocenters. The van der Waals surface area contributed by atoms with Crippen LogP contribution in [-0.4, -0.2) is 10.2 Å². The molecule has 1 amide bonds. The Hall–Kier alpha value is -3.09. The standard InChI is InChI=1S/C24H19NO3S2/c26-23-22(30-24(29)25-23)13-19-11-12-20(27-15-17-7-3-1-4-8-17)14-21(19)28-16-18-9-5-2-6-10-18/h1-14H,15-16H2,(H,25,26,29). The van der Waals surface area contributed by atoms with Crippen LogP contribution in [0.3, 0.4) is 0 Å². The lowest BCUT2D eigenvalue weighted by Gasteiger charge is -2.13. The lowest BCUT2D eigenvalue weighted by Crippen LogP contribution is -2.17. The monoisotopic (exact) mass is 433 g/mol. The number of hydrogen-bond acceptors (Lipinski definition) is 5. The van der Waals surface area contributed by atoms with E-state index in [4.69, 9.17) is 21.7 Å². The molecule has 1 aliphatic heterocycles. The number of hydrogen-bond donors (Lipinski definition) is 1. The summed E-state index contributed by atoms with van der Waals surface area (Å²) in [4.78, 5) is 12.6. The van der Waals surface area contributed by atoms with E-state index in [0.717, 1.165) is 16.7 Å². The van der Waals surface area contributed by atoms with Gasteiger partial charge in [0.1, 0.15) is 29.0 Å². The lowest BCUT2D eigenvalue weighted by molar-refractivity contribution is -0.115. The number of thioether (sulfide) groups is 1. The van der Waals surface area contributed by atoms with E-state index in [1.807, 2.05) is 78.9 Å². The first-order valence-corrected chi connectivity index (χ1v) is 10.6. The maximum absolute atomic E-state index is 12.1. The molecular weight excluding hydrogens is 414 g/mol. The first-order chi connectivity index (χ1) is 14.7. The second-order valence-corrected chi connectivity index (χ2v) is 8.32. The SMILES string of the molecule is O=C1NC(=S)SC1=Cc1ccc(OCc2ccccc2)cc1OCc1ccccc1. The fourth-order valence-electron chi connectivity index (χ4n) is 2.89. The Morgan fingerprint density at radius 3 is 2.10 bits per heavy atom. The van der Waals surface area contributed by atoms with Crippen LogP contribution in [0.15, 0.2) is 83.8 Å². The Kier molecular flexibility index (Phi) is 6.47. The molecule has 4 nitrogen and oxygen atoms in total. The van der Waals surface area contributed by atoms with Crippen LogP contribution in [-0.2, 0) is 18.0 Å². The number of carbonyl (C=O) groups is 1. The third kappa shape index (κ3) is 5.28. The third-order valence-electron chi connectivity index (χ3n) is 4.40. The van der Waals surface area contributed by atoms with Gasteiger partial charge in [0.05, 0.1) is 4.91 Å². The molecule has 1 aliphatic rings. The Labute approximate surface area is 184 Å². The van der Waals surface area contributed by atoms with Crippen LogP contribution >= 0.6 is 24.0 Å². The summed E-state index contributed by atoms with van der Waals surface area (Å²) < 4.78 is 12.5. The van der Waals surface area contributed by atoms with Gasteiger partial charge in [-0.05, 0) is 29.3 Å². The molecule has 4 rings (SSSR count). The molecule has 3 aromatic carbocycles. The van der Waals surface area contributed by atoms with Crippen molar-refractivity contribution in [3.63, 3.8) is 0 Å². The minimum Gasteiger partial charge on any atom is -0.489 e. The van der Waals surface area contributed by atoms with E-state index in [1.165, 1.54) is 11.8 Å². The predicted octanol–water partition coefficient (Wildman–Crippen LogP) is 5.33. The van der Waals surface area contributed by atoms with Crippen LogP contribution < -0.4 is 14.8 Å². The molecule has 0 spiro atoms. The molecule has 1 fully saturated rings. The molecule has 0 bridgehead atoms. The van der Waals surface area contributed by atoms with Crippen LogP contribution in [0.5, 0.6) is 11.5 Å². The molecule has 0 unspecified atom stereocenters. The van der Waals surface area contributed by atoms with Crippen molar-refractivity contribution in [2.45, 2.75) is 13.2 Å². The van der Waals surface area contributed by atoms with E-state index in [9.17, 15) is 4.79 Å². The van der Waals surface area contributed by atoms with Crippen LogP contribution in [0.25, 0.3) is 6.08 Å². The van der Waals surface area contributed by atoms with Gasteiger partial charge in [0.2, 0.25) is 0 Å². The molecule has 0 aromatic heterocycles. The molecule has 0 saturated carbocycles. The molecule has 150 valence electrons. The van der Waals surface area contributed by atoms with Gasteiger partial charge in [-0.25, -0.2) is 0 Å². The Morgan fingerprint density at radius 2 is 1.50 bits per heavy atom. The first-order valence-electron chi connectivity index (χ1n) is 9.40. The van der Waals surface area contributed by atoms with Crippen LogP contribution in [0.4, 0.5) is 0 Å². The summed E-state index contributed by atoms with van der Waals surface area (Å²) >= 11 is 6.33. The van der Waals surface area contributed by atoms with Crippen LogP contribution in [0.2, 0.25) is 0 Å². The number of thiocarbonyl (C=S) groups is 1. The van der Waals surface area contributed by atoms with Crippen LogP contribution in [0.1, 0.15) is 16.7 Å². The Balaban J connectivity index is 1.57. The zero-order chi connectivity index (χ0) is 20.8. The molecule has 0 radical (unpaired) electrons. The topological polar surface area (TPSA) is 47.6 Å². The summed E-state index contributed by atoms with van der Waals surface area (Å²) in [6.07, 6.45) is 1.79. The van der Waals surface area contributed by atoms with Crippen molar-refractivity contribution in [2.75, 3.05) is 0 Å². The molecule has 1 saturated heterocycles. The van der Waals surface area contributed by atoms with Gasteiger partial charge in [0, 0.05) is 11.6 Å². The van der Waals surface area contributed by atoms with Crippen molar-refractivity contribution < 1.29 is 14.3 Å². The highest BCUT2D eigenvalue weighted by Crippen LogP contribution is 2.32. The van der Waals surface area contributed by atoms with Crippen molar-refractivity contribution in [2.24, 2.45) is 0 Å². The van der Waals surface area contributed by atoms with Gasteiger partial charge in [0.15, 0.2) is 0 Å². The predicted molar refractivity (Wildman–Crippen MR) is 124 cm³/mol. The average Bonchev–Trinajstić information content (AvgIpc) is 3.10. The Bertz CT molecular complexity index is 1080. The zero-order valence-corrected chi connectivity index (χ0v) is 17.7. The molecule has 30 heavy (non-hydrogen) atoms. The van der Waals surface area contributed by atoms with E-state index in [2.05, 4.69) is 5.32 Å². The second kappa shape index (κ2) is 9.61. The summed E-state index contributed by atoms with van der Waals surface area (Å²) in [5, 5.41) is 2.64. The first kappa shape index (κ1) is 20.2. The van der Waals surface area contributed by atoms with Gasteiger partial charge in [0.25, 0.3) is 5.91 Å². The van der Waals surface area contributed by atoms with Crippen molar-refractivity contribution in [1.82, 2.24) is 5.32 Å². The summed E-state index contributed by atoms with van der Waals surface area (Å²) in [6.45, 7) is 0.878. The van der Waals surface area contributed by atoms with Crippen LogP contribution in [0, 0.1) is 0 Å². The van der Waals surface area contributed by atoms with E-state index in [1.54, 1.807) is 6.08 Å². The van der Waals surface area contributed by atoms with E-state index >= 15 is 0 Å². The van der Waals surface area contributed by atoms with E-state index < -0.39 is 0 Å². The molecule has 0 aliphatic carbocycles. The zero-order valence-electron chi connectivity index (χ0n) is 16.0.